The van der Waals surface area contributed by atoms with Crippen LogP contribution in [0.3, 0.4) is 0 Å². The molecule has 0 bridgehead atoms. The van der Waals surface area contributed by atoms with E-state index in [0.29, 0.717) is 31.9 Å². The van der Waals surface area contributed by atoms with Crippen LogP contribution in [0.25, 0.3) is 0 Å². The number of likely N-dealkylation sites (tertiary alicyclic amines) is 1. The molecule has 3 rings (SSSR count). The Morgan fingerprint density at radius 2 is 2.08 bits per heavy atom. The molecule has 25 heavy (non-hydrogen) atoms. The summed E-state index contributed by atoms with van der Waals surface area (Å²) >= 11 is 0. The number of amides is 1. The normalized spacial score (nSPS) is 24.1. The predicted molar refractivity (Wildman–Crippen MR) is 92.6 cm³/mol. The molecule has 9 heteroatoms. The van der Waals surface area contributed by atoms with Crippen LogP contribution in [0.15, 0.2) is 12.3 Å². The fraction of sp³-hybridized carbons (Fsp3) is 0.750. The van der Waals surface area contributed by atoms with Gasteiger partial charge in [0.1, 0.15) is 5.69 Å². The van der Waals surface area contributed by atoms with Crippen molar-refractivity contribution in [3.8, 4) is 0 Å². The lowest BCUT2D eigenvalue weighted by molar-refractivity contribution is 0.0584. The minimum absolute atomic E-state index is 0.0127. The molecule has 0 N–H and O–H groups in total. The Kier molecular flexibility index (Phi) is 4.91. The predicted octanol–water partition coefficient (Wildman–Crippen LogP) is 0.323. The zero-order valence-electron chi connectivity index (χ0n) is 15.0. The van der Waals surface area contributed by atoms with Crippen molar-refractivity contribution in [2.75, 3.05) is 39.6 Å². The molecule has 0 aromatic carbocycles. The lowest BCUT2D eigenvalue weighted by Gasteiger charge is -2.39. The van der Waals surface area contributed by atoms with Crippen molar-refractivity contribution >= 4 is 15.9 Å². The van der Waals surface area contributed by atoms with E-state index in [-0.39, 0.29) is 17.4 Å². The van der Waals surface area contributed by atoms with E-state index in [0.717, 1.165) is 19.3 Å². The fourth-order valence-electron chi connectivity index (χ4n) is 4.14. The molecule has 140 valence electrons. The Hall–Kier alpha value is -1.45. The number of hydrogen-bond donors (Lipinski definition) is 0. The number of piperidine rings is 1. The summed E-state index contributed by atoms with van der Waals surface area (Å²) in [4.78, 5) is 14.5. The van der Waals surface area contributed by atoms with E-state index in [2.05, 4.69) is 5.10 Å². The maximum atomic E-state index is 12.6. The summed E-state index contributed by atoms with van der Waals surface area (Å²) < 4.78 is 32.6. The van der Waals surface area contributed by atoms with E-state index in [1.807, 2.05) is 4.90 Å². The monoisotopic (exact) mass is 370 g/mol. The van der Waals surface area contributed by atoms with Gasteiger partial charge < -0.3 is 9.64 Å². The van der Waals surface area contributed by atoms with E-state index in [9.17, 15) is 13.2 Å². The molecule has 1 spiro atoms. The third-order valence-electron chi connectivity index (χ3n) is 5.50. The standard InChI is InChI=1S/C16H26N4O4S/c1-18-14(4-7-17-18)15(21)19-8-5-16(6-9-19)10-13(11-24-2)20(12-16)25(3,22)23/h4,7,13H,5-6,8-12H2,1-3H3/t13-/m0/s1. The van der Waals surface area contributed by atoms with Gasteiger partial charge in [-0.2, -0.15) is 9.40 Å². The first-order valence-electron chi connectivity index (χ1n) is 8.49. The third-order valence-corrected chi connectivity index (χ3v) is 6.78. The van der Waals surface area contributed by atoms with Crippen LogP contribution in [0, 0.1) is 5.41 Å². The van der Waals surface area contributed by atoms with Gasteiger partial charge in [-0.25, -0.2) is 8.42 Å². The number of sulfonamides is 1. The van der Waals surface area contributed by atoms with Crippen molar-refractivity contribution in [2.24, 2.45) is 12.5 Å². The molecule has 3 heterocycles. The molecule has 1 amide bonds. The third kappa shape index (κ3) is 3.58. The Morgan fingerprint density at radius 3 is 2.60 bits per heavy atom. The highest BCUT2D eigenvalue weighted by molar-refractivity contribution is 7.88. The van der Waals surface area contributed by atoms with Gasteiger partial charge >= 0.3 is 0 Å². The number of methoxy groups -OCH3 is 1. The minimum Gasteiger partial charge on any atom is -0.383 e. The molecule has 1 aromatic heterocycles. The molecule has 0 aliphatic carbocycles. The molecule has 2 saturated heterocycles. The molecule has 0 saturated carbocycles. The topological polar surface area (TPSA) is 84.7 Å². The Balaban J connectivity index is 1.69. The van der Waals surface area contributed by atoms with Crippen molar-refractivity contribution in [1.29, 1.82) is 0 Å². The van der Waals surface area contributed by atoms with E-state index >= 15 is 0 Å². The zero-order chi connectivity index (χ0) is 18.2. The van der Waals surface area contributed by atoms with E-state index in [4.69, 9.17) is 4.74 Å². The van der Waals surface area contributed by atoms with Crippen LogP contribution < -0.4 is 0 Å². The van der Waals surface area contributed by atoms with Gasteiger partial charge in [0.2, 0.25) is 10.0 Å². The highest BCUT2D eigenvalue weighted by Crippen LogP contribution is 2.44. The lowest BCUT2D eigenvalue weighted by atomic mass is 9.76. The van der Waals surface area contributed by atoms with Gasteiger partial charge in [0.25, 0.3) is 5.91 Å². The molecule has 8 nitrogen and oxygen atoms in total. The number of hydrogen-bond acceptors (Lipinski definition) is 5. The Bertz CT molecular complexity index is 737. The van der Waals surface area contributed by atoms with E-state index in [1.165, 1.54) is 6.26 Å². The number of carbonyl (C=O) groups is 1. The molecule has 2 aliphatic rings. The number of aromatic nitrogens is 2. The molecule has 2 fully saturated rings. The number of carbonyl (C=O) groups excluding carboxylic acids is 1. The number of ether oxygens (including phenoxy) is 1. The summed E-state index contributed by atoms with van der Waals surface area (Å²) in [6, 6.07) is 1.61. The average molecular weight is 370 g/mol. The molecule has 1 aromatic rings. The Labute approximate surface area is 148 Å². The molecule has 0 radical (unpaired) electrons. The second-order valence-corrected chi connectivity index (χ2v) is 9.19. The van der Waals surface area contributed by atoms with Crippen molar-refractivity contribution in [2.45, 2.75) is 25.3 Å². The van der Waals surface area contributed by atoms with E-state index in [1.54, 1.807) is 35.4 Å². The molecular formula is C16H26N4O4S. The molecule has 2 aliphatic heterocycles. The quantitative estimate of drug-likeness (QED) is 0.762. The van der Waals surface area contributed by atoms with Crippen LogP contribution in [0.4, 0.5) is 0 Å². The van der Waals surface area contributed by atoms with Crippen molar-refractivity contribution in [1.82, 2.24) is 19.0 Å². The van der Waals surface area contributed by atoms with Gasteiger partial charge in [-0.1, -0.05) is 0 Å². The molecular weight excluding hydrogens is 344 g/mol. The van der Waals surface area contributed by atoms with Crippen LogP contribution in [-0.2, 0) is 21.8 Å². The smallest absolute Gasteiger partial charge is 0.272 e. The summed E-state index contributed by atoms with van der Waals surface area (Å²) in [5.41, 5.74) is 0.521. The summed E-state index contributed by atoms with van der Waals surface area (Å²) in [7, 11) is 0.0977. The average Bonchev–Trinajstić information content (AvgIpc) is 3.12. The van der Waals surface area contributed by atoms with Gasteiger partial charge in [-0.15, -0.1) is 0 Å². The van der Waals surface area contributed by atoms with Gasteiger partial charge in [0.05, 0.1) is 12.9 Å². The number of rotatable bonds is 4. The molecule has 0 unspecified atom stereocenters. The van der Waals surface area contributed by atoms with Crippen molar-refractivity contribution < 1.29 is 17.9 Å². The van der Waals surface area contributed by atoms with Crippen LogP contribution in [0.5, 0.6) is 0 Å². The highest BCUT2D eigenvalue weighted by Gasteiger charge is 2.48. The van der Waals surface area contributed by atoms with Gasteiger partial charge in [-0.3, -0.25) is 9.48 Å². The first kappa shape index (κ1) is 18.3. The first-order chi connectivity index (χ1) is 11.8. The van der Waals surface area contributed by atoms with Crippen LogP contribution in [-0.4, -0.2) is 79.0 Å². The first-order valence-corrected chi connectivity index (χ1v) is 10.3. The maximum Gasteiger partial charge on any atom is 0.272 e. The molecule has 1 atom stereocenters. The summed E-state index contributed by atoms with van der Waals surface area (Å²) in [5.74, 6) is -0.0127. The SMILES string of the molecule is COC[C@@H]1CC2(CCN(C(=O)c3ccnn3C)CC2)CN1S(C)(=O)=O. The number of aryl methyl sites for hydroxylation is 1. The second kappa shape index (κ2) is 6.69. The minimum atomic E-state index is -3.26. The summed E-state index contributed by atoms with van der Waals surface area (Å²) in [5, 5.41) is 4.05. The maximum absolute atomic E-state index is 12.6. The van der Waals surface area contributed by atoms with Gasteiger partial charge in [-0.05, 0) is 30.7 Å². The van der Waals surface area contributed by atoms with E-state index < -0.39 is 10.0 Å². The van der Waals surface area contributed by atoms with Crippen LogP contribution in [0.1, 0.15) is 29.8 Å². The second-order valence-electron chi connectivity index (χ2n) is 7.25. The van der Waals surface area contributed by atoms with Crippen LogP contribution in [0.2, 0.25) is 0 Å². The van der Waals surface area contributed by atoms with Gasteiger partial charge in [0, 0.05) is 46.0 Å². The Morgan fingerprint density at radius 1 is 1.40 bits per heavy atom. The fourth-order valence-corrected chi connectivity index (χ4v) is 5.33. The van der Waals surface area contributed by atoms with Crippen molar-refractivity contribution in [3.05, 3.63) is 18.0 Å². The lowest BCUT2D eigenvalue weighted by Crippen LogP contribution is -2.45. The summed E-state index contributed by atoms with van der Waals surface area (Å²) in [6.07, 6.45) is 5.29. The van der Waals surface area contributed by atoms with Crippen molar-refractivity contribution in [3.63, 3.8) is 0 Å². The van der Waals surface area contributed by atoms with Crippen LogP contribution >= 0.6 is 0 Å². The van der Waals surface area contributed by atoms with Gasteiger partial charge in [0.15, 0.2) is 0 Å². The highest BCUT2D eigenvalue weighted by atomic mass is 32.2. The summed E-state index contributed by atoms with van der Waals surface area (Å²) in [6.45, 7) is 2.21. The number of nitrogens with zero attached hydrogens (tertiary/aromatic N) is 4. The largest absolute Gasteiger partial charge is 0.383 e. The zero-order valence-corrected chi connectivity index (χ0v) is 15.8.